The van der Waals surface area contributed by atoms with Gasteiger partial charge in [-0.1, -0.05) is 0 Å². The van der Waals surface area contributed by atoms with Crippen LogP contribution in [0.4, 0.5) is 0 Å². The molecule has 0 fully saturated rings. The minimum absolute atomic E-state index is 0.216. The predicted molar refractivity (Wildman–Crippen MR) is 72.8 cm³/mol. The molecule has 0 aliphatic rings. The number of carboxylic acids is 1. The molecule has 0 radical (unpaired) electrons. The fraction of sp³-hybridized carbons (Fsp3) is 0.0909. The third kappa shape index (κ3) is 3.55. The van der Waals surface area contributed by atoms with Crippen molar-refractivity contribution in [2.45, 2.75) is 10.8 Å². The van der Waals surface area contributed by atoms with Gasteiger partial charge in [0.1, 0.15) is 0 Å². The van der Waals surface area contributed by atoms with Crippen LogP contribution in [0.3, 0.4) is 0 Å². The summed E-state index contributed by atoms with van der Waals surface area (Å²) in [5, 5.41) is 11.6. The SMILES string of the molecule is O=C(O)c1ccc(SCc2cc(Br)cs2)nc1. The Morgan fingerprint density at radius 2 is 2.35 bits per heavy atom. The lowest BCUT2D eigenvalue weighted by atomic mass is 10.3. The number of nitrogens with zero attached hydrogens (tertiary/aromatic N) is 1. The Kier molecular flexibility index (Phi) is 4.20. The van der Waals surface area contributed by atoms with Crippen LogP contribution >= 0.6 is 39.0 Å². The zero-order chi connectivity index (χ0) is 12.3. The highest BCUT2D eigenvalue weighted by molar-refractivity contribution is 9.10. The van der Waals surface area contributed by atoms with Crippen LogP contribution in [0.1, 0.15) is 15.2 Å². The molecule has 3 nitrogen and oxygen atoms in total. The summed E-state index contributed by atoms with van der Waals surface area (Å²) in [5.41, 5.74) is 0.216. The van der Waals surface area contributed by atoms with Gasteiger partial charge in [-0.25, -0.2) is 9.78 Å². The van der Waals surface area contributed by atoms with Crippen LogP contribution in [0.25, 0.3) is 0 Å². The molecule has 0 bridgehead atoms. The Morgan fingerprint density at radius 1 is 1.53 bits per heavy atom. The molecule has 0 saturated carbocycles. The molecular formula is C11H8BrNO2S2. The number of carbonyl (C=O) groups is 1. The second kappa shape index (κ2) is 5.66. The quantitative estimate of drug-likeness (QED) is 0.864. The van der Waals surface area contributed by atoms with Crippen LogP contribution in [0.2, 0.25) is 0 Å². The third-order valence-corrected chi connectivity index (χ3v) is 4.84. The minimum atomic E-state index is -0.948. The van der Waals surface area contributed by atoms with E-state index in [9.17, 15) is 4.79 Å². The number of pyridine rings is 1. The van der Waals surface area contributed by atoms with E-state index in [0.29, 0.717) is 0 Å². The van der Waals surface area contributed by atoms with Gasteiger partial charge in [0.25, 0.3) is 0 Å². The van der Waals surface area contributed by atoms with Gasteiger partial charge in [0.2, 0.25) is 0 Å². The predicted octanol–water partition coefficient (Wildman–Crippen LogP) is 3.90. The molecular weight excluding hydrogens is 322 g/mol. The lowest BCUT2D eigenvalue weighted by Gasteiger charge is -1.99. The normalized spacial score (nSPS) is 10.4. The Hall–Kier alpha value is -0.850. The van der Waals surface area contributed by atoms with Gasteiger partial charge in [-0.2, -0.15) is 0 Å². The summed E-state index contributed by atoms with van der Waals surface area (Å²) in [7, 11) is 0. The first kappa shape index (κ1) is 12.6. The number of aromatic nitrogens is 1. The highest BCUT2D eigenvalue weighted by Crippen LogP contribution is 2.27. The Balaban J connectivity index is 1.97. The Labute approximate surface area is 115 Å². The first-order valence-corrected chi connectivity index (χ1v) is 7.36. The van der Waals surface area contributed by atoms with Crippen molar-refractivity contribution >= 4 is 45.0 Å². The summed E-state index contributed by atoms with van der Waals surface area (Å²) in [4.78, 5) is 16.0. The van der Waals surface area contributed by atoms with Crippen LogP contribution in [-0.4, -0.2) is 16.1 Å². The topological polar surface area (TPSA) is 50.2 Å². The van der Waals surface area contributed by atoms with Crippen LogP contribution in [-0.2, 0) is 5.75 Å². The van der Waals surface area contributed by atoms with Crippen LogP contribution in [0, 0.1) is 0 Å². The molecule has 2 aromatic heterocycles. The number of hydrogen-bond donors (Lipinski definition) is 1. The van der Waals surface area contributed by atoms with Crippen molar-refractivity contribution in [2.75, 3.05) is 0 Å². The zero-order valence-electron chi connectivity index (χ0n) is 8.59. The van der Waals surface area contributed by atoms with Crippen molar-refractivity contribution in [3.05, 3.63) is 44.7 Å². The standard InChI is InChI=1S/C11H8BrNO2S2/c12-8-3-9(16-5-8)6-17-10-2-1-7(4-13-10)11(14)15/h1-5H,6H2,(H,14,15). The van der Waals surface area contributed by atoms with Crippen molar-refractivity contribution in [1.82, 2.24) is 4.98 Å². The van der Waals surface area contributed by atoms with E-state index >= 15 is 0 Å². The second-order valence-corrected chi connectivity index (χ2v) is 6.12. The summed E-state index contributed by atoms with van der Waals surface area (Å²) in [6.45, 7) is 0. The molecule has 6 heteroatoms. The second-order valence-electron chi connectivity index (χ2n) is 3.21. The summed E-state index contributed by atoms with van der Waals surface area (Å²) in [6, 6.07) is 5.38. The van der Waals surface area contributed by atoms with Crippen LogP contribution in [0.5, 0.6) is 0 Å². The number of thioether (sulfide) groups is 1. The third-order valence-electron chi connectivity index (χ3n) is 1.97. The van der Waals surface area contributed by atoms with Crippen molar-refractivity contribution in [3.8, 4) is 0 Å². The average Bonchev–Trinajstić information content (AvgIpc) is 2.73. The van der Waals surface area contributed by atoms with E-state index < -0.39 is 5.97 Å². The molecule has 88 valence electrons. The van der Waals surface area contributed by atoms with E-state index in [1.807, 2.05) is 5.38 Å². The van der Waals surface area contributed by atoms with E-state index in [-0.39, 0.29) is 5.56 Å². The summed E-state index contributed by atoms with van der Waals surface area (Å²) in [6.07, 6.45) is 1.38. The van der Waals surface area contributed by atoms with Crippen molar-refractivity contribution in [1.29, 1.82) is 0 Å². The first-order valence-electron chi connectivity index (χ1n) is 4.70. The number of halogens is 1. The molecule has 0 aliphatic heterocycles. The van der Waals surface area contributed by atoms with Gasteiger partial charge in [0.05, 0.1) is 10.6 Å². The number of carboxylic acid groups (broad SMARTS) is 1. The maximum atomic E-state index is 10.6. The summed E-state index contributed by atoms with van der Waals surface area (Å²) >= 11 is 6.68. The number of thiophene rings is 1. The molecule has 2 aromatic rings. The summed E-state index contributed by atoms with van der Waals surface area (Å²) in [5.74, 6) is -0.105. The zero-order valence-corrected chi connectivity index (χ0v) is 11.8. The fourth-order valence-electron chi connectivity index (χ4n) is 1.17. The molecule has 2 heterocycles. The molecule has 17 heavy (non-hydrogen) atoms. The van der Waals surface area contributed by atoms with E-state index in [4.69, 9.17) is 5.11 Å². The van der Waals surface area contributed by atoms with Gasteiger partial charge >= 0.3 is 5.97 Å². The maximum absolute atomic E-state index is 10.6. The van der Waals surface area contributed by atoms with Gasteiger partial charge in [-0.05, 0) is 34.1 Å². The Bertz CT molecular complexity index is 525. The van der Waals surface area contributed by atoms with Crippen molar-refractivity contribution in [2.24, 2.45) is 0 Å². The van der Waals surface area contributed by atoms with E-state index in [1.54, 1.807) is 35.2 Å². The van der Waals surface area contributed by atoms with Gasteiger partial charge in [0.15, 0.2) is 0 Å². The average molecular weight is 330 g/mol. The molecule has 2 rings (SSSR count). The van der Waals surface area contributed by atoms with Crippen molar-refractivity contribution < 1.29 is 9.90 Å². The highest BCUT2D eigenvalue weighted by Gasteiger charge is 2.04. The van der Waals surface area contributed by atoms with E-state index in [0.717, 1.165) is 15.3 Å². The summed E-state index contributed by atoms with van der Waals surface area (Å²) < 4.78 is 1.09. The van der Waals surface area contributed by atoms with Gasteiger partial charge in [0, 0.05) is 26.7 Å². The van der Waals surface area contributed by atoms with Crippen LogP contribution in [0.15, 0.2) is 39.3 Å². The number of aromatic carboxylic acids is 1. The maximum Gasteiger partial charge on any atom is 0.337 e. The first-order chi connectivity index (χ1) is 8.15. The number of rotatable bonds is 4. The van der Waals surface area contributed by atoms with Crippen molar-refractivity contribution in [3.63, 3.8) is 0 Å². The van der Waals surface area contributed by atoms with Crippen LogP contribution < -0.4 is 0 Å². The minimum Gasteiger partial charge on any atom is -0.478 e. The smallest absolute Gasteiger partial charge is 0.337 e. The van der Waals surface area contributed by atoms with E-state index in [1.165, 1.54) is 11.1 Å². The van der Waals surface area contributed by atoms with E-state index in [2.05, 4.69) is 27.0 Å². The lowest BCUT2D eigenvalue weighted by molar-refractivity contribution is 0.0696. The lowest BCUT2D eigenvalue weighted by Crippen LogP contribution is -1.96. The highest BCUT2D eigenvalue weighted by atomic mass is 79.9. The largest absolute Gasteiger partial charge is 0.478 e. The molecule has 0 saturated heterocycles. The molecule has 0 unspecified atom stereocenters. The monoisotopic (exact) mass is 329 g/mol. The fourth-order valence-corrected chi connectivity index (χ4v) is 3.52. The number of hydrogen-bond acceptors (Lipinski definition) is 4. The molecule has 0 atom stereocenters. The molecule has 1 N–H and O–H groups in total. The molecule has 0 amide bonds. The van der Waals surface area contributed by atoms with Gasteiger partial charge in [-0.3, -0.25) is 0 Å². The Morgan fingerprint density at radius 3 is 2.88 bits per heavy atom. The molecule has 0 spiro atoms. The molecule has 0 aliphatic carbocycles. The van der Waals surface area contributed by atoms with Gasteiger partial charge in [-0.15, -0.1) is 23.1 Å². The van der Waals surface area contributed by atoms with Gasteiger partial charge < -0.3 is 5.11 Å². The molecule has 0 aromatic carbocycles.